The highest BCUT2D eigenvalue weighted by Crippen LogP contribution is 2.35. The number of piperidine rings is 1. The molecule has 0 radical (unpaired) electrons. The summed E-state index contributed by atoms with van der Waals surface area (Å²) in [6.45, 7) is 1.55. The molecule has 1 heterocycles. The van der Waals surface area contributed by atoms with Gasteiger partial charge in [-0.15, -0.1) is 12.4 Å². The van der Waals surface area contributed by atoms with Crippen molar-refractivity contribution in [2.75, 3.05) is 27.3 Å². The zero-order valence-corrected chi connectivity index (χ0v) is 18.0. The largest absolute Gasteiger partial charge is 0.493 e. The Morgan fingerprint density at radius 1 is 1.11 bits per heavy atom. The number of aryl methyl sites for hydroxylation is 1. The Morgan fingerprint density at radius 3 is 2.61 bits per heavy atom. The molecule has 1 aliphatic heterocycles. The lowest BCUT2D eigenvalue weighted by Crippen LogP contribution is -2.47. The first-order chi connectivity index (χ1) is 13.2. The molecule has 5 nitrogen and oxygen atoms in total. The minimum atomic E-state index is 0. The van der Waals surface area contributed by atoms with Crippen LogP contribution in [-0.4, -0.2) is 44.2 Å². The van der Waals surface area contributed by atoms with Gasteiger partial charge in [-0.2, -0.15) is 0 Å². The molecule has 1 aromatic rings. The summed E-state index contributed by atoms with van der Waals surface area (Å²) in [5.41, 5.74) is 7.15. The first-order valence-corrected chi connectivity index (χ1v) is 10.4. The Bertz CT molecular complexity index is 640. The van der Waals surface area contributed by atoms with Crippen LogP contribution < -0.4 is 15.2 Å². The average molecular weight is 411 g/mol. The quantitative estimate of drug-likeness (QED) is 0.742. The number of ether oxygens (including phenoxy) is 2. The predicted molar refractivity (Wildman–Crippen MR) is 114 cm³/mol. The molecule has 158 valence electrons. The standard InChI is InChI=1S/C22H34N2O3.ClH/c1-26-20-12-10-16(14-21(20)27-2)9-11-18-7-3-4-13-24(18)22(25)19-8-5-6-17(19)15-23;/h10,12,14,17-19H,3-9,11,13,15,23H2,1-2H3;1H/t17-,18?,19-;/m1./s1. The van der Waals surface area contributed by atoms with Gasteiger partial charge in [0.15, 0.2) is 11.5 Å². The van der Waals surface area contributed by atoms with Gasteiger partial charge >= 0.3 is 0 Å². The van der Waals surface area contributed by atoms with E-state index in [4.69, 9.17) is 15.2 Å². The third-order valence-electron chi connectivity index (χ3n) is 6.40. The van der Waals surface area contributed by atoms with E-state index in [2.05, 4.69) is 17.0 Å². The molecule has 6 heteroatoms. The highest BCUT2D eigenvalue weighted by molar-refractivity contribution is 5.85. The van der Waals surface area contributed by atoms with Gasteiger partial charge in [-0.3, -0.25) is 4.79 Å². The van der Waals surface area contributed by atoms with Crippen LogP contribution in [0.3, 0.4) is 0 Å². The first-order valence-electron chi connectivity index (χ1n) is 10.4. The third kappa shape index (κ3) is 5.12. The molecule has 2 aliphatic rings. The molecule has 1 saturated heterocycles. The second-order valence-corrected chi connectivity index (χ2v) is 7.94. The lowest BCUT2D eigenvalue weighted by atomic mass is 9.90. The van der Waals surface area contributed by atoms with E-state index in [0.717, 1.165) is 63.0 Å². The van der Waals surface area contributed by atoms with Crippen molar-refractivity contribution in [2.45, 2.75) is 57.4 Å². The van der Waals surface area contributed by atoms with Gasteiger partial charge in [0, 0.05) is 18.5 Å². The van der Waals surface area contributed by atoms with E-state index in [-0.39, 0.29) is 18.3 Å². The molecule has 0 aromatic heterocycles. The number of carbonyl (C=O) groups excluding carboxylic acids is 1. The van der Waals surface area contributed by atoms with Crippen LogP contribution in [0.4, 0.5) is 0 Å². The number of benzene rings is 1. The summed E-state index contributed by atoms with van der Waals surface area (Å²) in [5, 5.41) is 0. The van der Waals surface area contributed by atoms with Crippen LogP contribution >= 0.6 is 12.4 Å². The van der Waals surface area contributed by atoms with Gasteiger partial charge in [-0.25, -0.2) is 0 Å². The average Bonchev–Trinajstić information content (AvgIpc) is 3.20. The van der Waals surface area contributed by atoms with Crippen LogP contribution in [0.25, 0.3) is 0 Å². The van der Waals surface area contributed by atoms with E-state index >= 15 is 0 Å². The minimum Gasteiger partial charge on any atom is -0.493 e. The second-order valence-electron chi connectivity index (χ2n) is 7.94. The Kier molecular flexibility index (Phi) is 8.90. The van der Waals surface area contributed by atoms with E-state index in [1.165, 1.54) is 12.0 Å². The zero-order valence-electron chi connectivity index (χ0n) is 17.2. The van der Waals surface area contributed by atoms with Gasteiger partial charge in [0.1, 0.15) is 0 Å². The zero-order chi connectivity index (χ0) is 19.2. The van der Waals surface area contributed by atoms with Crippen LogP contribution in [0.15, 0.2) is 18.2 Å². The SMILES string of the molecule is COc1ccc(CCC2CCCCN2C(=O)[C@@H]2CCC[C@@H]2CN)cc1OC.Cl. The van der Waals surface area contributed by atoms with Gasteiger partial charge in [0.05, 0.1) is 14.2 Å². The highest BCUT2D eigenvalue weighted by atomic mass is 35.5. The Balaban J connectivity index is 0.00000280. The van der Waals surface area contributed by atoms with Crippen LogP contribution in [0.5, 0.6) is 11.5 Å². The third-order valence-corrected chi connectivity index (χ3v) is 6.40. The number of amides is 1. The highest BCUT2D eigenvalue weighted by Gasteiger charge is 2.37. The van der Waals surface area contributed by atoms with E-state index in [9.17, 15) is 4.79 Å². The molecule has 28 heavy (non-hydrogen) atoms. The van der Waals surface area contributed by atoms with Crippen LogP contribution in [-0.2, 0) is 11.2 Å². The maximum atomic E-state index is 13.2. The maximum absolute atomic E-state index is 13.2. The van der Waals surface area contributed by atoms with E-state index in [1.807, 2.05) is 6.07 Å². The van der Waals surface area contributed by atoms with E-state index < -0.39 is 0 Å². The molecule has 1 saturated carbocycles. The molecule has 3 rings (SSSR count). The smallest absolute Gasteiger partial charge is 0.226 e. The number of nitrogens with two attached hydrogens (primary N) is 1. The summed E-state index contributed by atoms with van der Waals surface area (Å²) in [6.07, 6.45) is 8.66. The Morgan fingerprint density at radius 2 is 1.89 bits per heavy atom. The number of nitrogens with zero attached hydrogens (tertiary/aromatic N) is 1. The molecule has 0 bridgehead atoms. The van der Waals surface area contributed by atoms with Crippen molar-refractivity contribution in [1.29, 1.82) is 0 Å². The monoisotopic (exact) mass is 410 g/mol. The van der Waals surface area contributed by atoms with Crippen LogP contribution in [0, 0.1) is 11.8 Å². The van der Waals surface area contributed by atoms with Gasteiger partial charge < -0.3 is 20.1 Å². The summed E-state index contributed by atoms with van der Waals surface area (Å²) in [4.78, 5) is 15.4. The van der Waals surface area contributed by atoms with Crippen molar-refractivity contribution in [3.63, 3.8) is 0 Å². The van der Waals surface area contributed by atoms with Gasteiger partial charge in [-0.1, -0.05) is 12.5 Å². The Hall–Kier alpha value is -1.46. The van der Waals surface area contributed by atoms with Crippen molar-refractivity contribution in [3.05, 3.63) is 23.8 Å². The van der Waals surface area contributed by atoms with Crippen molar-refractivity contribution in [1.82, 2.24) is 4.90 Å². The number of rotatable bonds is 7. The van der Waals surface area contributed by atoms with E-state index in [0.29, 0.717) is 24.4 Å². The van der Waals surface area contributed by atoms with Crippen molar-refractivity contribution in [2.24, 2.45) is 17.6 Å². The summed E-state index contributed by atoms with van der Waals surface area (Å²) in [6, 6.07) is 6.45. The molecule has 0 spiro atoms. The minimum absolute atomic E-state index is 0. The Labute approximate surface area is 175 Å². The predicted octanol–water partition coefficient (Wildman–Crippen LogP) is 3.81. The summed E-state index contributed by atoms with van der Waals surface area (Å²) in [5.74, 6) is 2.41. The van der Waals surface area contributed by atoms with Gasteiger partial charge in [0.25, 0.3) is 0 Å². The number of likely N-dealkylation sites (tertiary alicyclic amines) is 1. The number of methoxy groups -OCH3 is 2. The maximum Gasteiger partial charge on any atom is 0.226 e. The number of halogens is 1. The molecule has 2 N–H and O–H groups in total. The van der Waals surface area contributed by atoms with Crippen molar-refractivity contribution >= 4 is 18.3 Å². The summed E-state index contributed by atoms with van der Waals surface area (Å²) >= 11 is 0. The topological polar surface area (TPSA) is 64.8 Å². The molecule has 1 aromatic carbocycles. The molecule has 3 atom stereocenters. The molecule has 1 amide bonds. The molecule has 1 aliphatic carbocycles. The number of hydrogen-bond acceptors (Lipinski definition) is 4. The lowest BCUT2D eigenvalue weighted by molar-refractivity contribution is -0.140. The molecule has 1 unspecified atom stereocenters. The summed E-state index contributed by atoms with van der Waals surface area (Å²) < 4.78 is 10.7. The fourth-order valence-electron chi connectivity index (χ4n) is 4.82. The van der Waals surface area contributed by atoms with Crippen molar-refractivity contribution in [3.8, 4) is 11.5 Å². The number of carbonyl (C=O) groups is 1. The van der Waals surface area contributed by atoms with Gasteiger partial charge in [0.2, 0.25) is 5.91 Å². The summed E-state index contributed by atoms with van der Waals surface area (Å²) in [7, 11) is 3.32. The molecular formula is C22H35ClN2O3. The lowest BCUT2D eigenvalue weighted by Gasteiger charge is -2.38. The van der Waals surface area contributed by atoms with Gasteiger partial charge in [-0.05, 0) is 75.1 Å². The normalized spacial score (nSPS) is 24.5. The number of hydrogen-bond donors (Lipinski definition) is 1. The van der Waals surface area contributed by atoms with Crippen LogP contribution in [0.1, 0.15) is 50.5 Å². The fourth-order valence-corrected chi connectivity index (χ4v) is 4.82. The second kappa shape index (κ2) is 10.9. The first kappa shape index (κ1) is 22.8. The van der Waals surface area contributed by atoms with E-state index in [1.54, 1.807) is 14.2 Å². The molecular weight excluding hydrogens is 376 g/mol. The fraction of sp³-hybridized carbons (Fsp3) is 0.682. The van der Waals surface area contributed by atoms with Crippen LogP contribution in [0.2, 0.25) is 0 Å². The van der Waals surface area contributed by atoms with Crippen molar-refractivity contribution < 1.29 is 14.3 Å². The molecule has 2 fully saturated rings.